The summed E-state index contributed by atoms with van der Waals surface area (Å²) in [4.78, 5) is 16.0. The van der Waals surface area contributed by atoms with Gasteiger partial charge < -0.3 is 4.74 Å². The van der Waals surface area contributed by atoms with Gasteiger partial charge in [-0.3, -0.25) is 15.2 Å². The first-order valence-electron chi connectivity index (χ1n) is 7.37. The predicted octanol–water partition coefficient (Wildman–Crippen LogP) is 2.84. The number of hydrogen-bond acceptors (Lipinski definition) is 4. The van der Waals surface area contributed by atoms with Gasteiger partial charge in [0.25, 0.3) is 5.91 Å². The van der Waals surface area contributed by atoms with Crippen molar-refractivity contribution < 1.29 is 9.53 Å². The Balaban J connectivity index is 2.14. The highest BCUT2D eigenvalue weighted by molar-refractivity contribution is 5.95. The van der Waals surface area contributed by atoms with Crippen LogP contribution in [0, 0.1) is 6.92 Å². The average molecular weight is 299 g/mol. The van der Waals surface area contributed by atoms with Crippen molar-refractivity contribution in [3.63, 3.8) is 0 Å². The summed E-state index contributed by atoms with van der Waals surface area (Å²) in [5, 5.41) is 0. The van der Waals surface area contributed by atoms with Gasteiger partial charge >= 0.3 is 0 Å². The number of unbranched alkanes of at least 4 members (excludes halogenated alkanes) is 1. The Bertz CT molecular complexity index is 639. The van der Waals surface area contributed by atoms with E-state index < -0.39 is 0 Å². The van der Waals surface area contributed by atoms with Crippen LogP contribution in [0.2, 0.25) is 0 Å². The molecule has 1 amide bonds. The number of nitrogen functional groups attached to an aromatic ring is 1. The number of hydrazine groups is 1. The molecule has 0 unspecified atom stereocenters. The smallest absolute Gasteiger partial charge is 0.267 e. The molecule has 0 aliphatic carbocycles. The molecule has 0 aliphatic heterocycles. The zero-order valence-corrected chi connectivity index (χ0v) is 12.9. The van der Waals surface area contributed by atoms with Crippen LogP contribution in [0.5, 0.6) is 5.75 Å². The summed E-state index contributed by atoms with van der Waals surface area (Å²) in [6, 6.07) is 11.3. The summed E-state index contributed by atoms with van der Waals surface area (Å²) >= 11 is 0. The van der Waals surface area contributed by atoms with E-state index in [9.17, 15) is 4.79 Å². The lowest BCUT2D eigenvalue weighted by molar-refractivity contribution is 0.0952. The molecule has 5 heteroatoms. The third-order valence-electron chi connectivity index (χ3n) is 3.38. The van der Waals surface area contributed by atoms with Gasteiger partial charge in [0.15, 0.2) is 0 Å². The maximum atomic E-state index is 11.6. The molecule has 0 atom stereocenters. The summed E-state index contributed by atoms with van der Waals surface area (Å²) in [5.41, 5.74) is 5.03. The first kappa shape index (κ1) is 16.0. The zero-order chi connectivity index (χ0) is 15.9. The molecule has 116 valence electrons. The van der Waals surface area contributed by atoms with Gasteiger partial charge in [0.1, 0.15) is 5.75 Å². The van der Waals surface area contributed by atoms with Crippen molar-refractivity contribution in [3.8, 4) is 17.0 Å². The van der Waals surface area contributed by atoms with Crippen LogP contribution in [0.15, 0.2) is 36.4 Å². The van der Waals surface area contributed by atoms with Crippen molar-refractivity contribution in [2.24, 2.45) is 5.84 Å². The van der Waals surface area contributed by atoms with Crippen molar-refractivity contribution >= 4 is 5.91 Å². The Hall–Kier alpha value is -2.40. The van der Waals surface area contributed by atoms with Gasteiger partial charge in [0, 0.05) is 5.56 Å². The zero-order valence-electron chi connectivity index (χ0n) is 12.9. The van der Waals surface area contributed by atoms with Gasteiger partial charge in [-0.05, 0) is 49.7 Å². The van der Waals surface area contributed by atoms with Crippen LogP contribution in [0.3, 0.4) is 0 Å². The fourth-order valence-corrected chi connectivity index (χ4v) is 2.10. The van der Waals surface area contributed by atoms with Crippen LogP contribution in [-0.4, -0.2) is 17.5 Å². The number of ether oxygens (including phenoxy) is 1. The number of amides is 1. The van der Waals surface area contributed by atoms with Crippen LogP contribution in [0.1, 0.15) is 35.8 Å². The summed E-state index contributed by atoms with van der Waals surface area (Å²) in [6.45, 7) is 4.65. The third kappa shape index (κ3) is 3.83. The molecule has 22 heavy (non-hydrogen) atoms. The number of carbonyl (C=O) groups excluding carboxylic acids is 1. The topological polar surface area (TPSA) is 77.2 Å². The molecule has 3 N–H and O–H groups in total. The molecule has 0 bridgehead atoms. The van der Waals surface area contributed by atoms with E-state index in [0.717, 1.165) is 36.5 Å². The van der Waals surface area contributed by atoms with Gasteiger partial charge in [-0.2, -0.15) is 0 Å². The van der Waals surface area contributed by atoms with Gasteiger partial charge in [0.2, 0.25) is 0 Å². The summed E-state index contributed by atoms with van der Waals surface area (Å²) < 4.78 is 5.64. The van der Waals surface area contributed by atoms with Crippen molar-refractivity contribution in [2.45, 2.75) is 26.7 Å². The van der Waals surface area contributed by atoms with Crippen LogP contribution in [0.4, 0.5) is 0 Å². The molecule has 0 radical (unpaired) electrons. The minimum absolute atomic E-state index is 0.337. The number of nitrogens with one attached hydrogen (secondary N) is 1. The Morgan fingerprint density at radius 2 is 1.95 bits per heavy atom. The van der Waals surface area contributed by atoms with E-state index >= 15 is 0 Å². The molecule has 2 aromatic rings. The molecular weight excluding hydrogens is 278 g/mol. The Labute approximate surface area is 130 Å². The van der Waals surface area contributed by atoms with E-state index in [1.165, 1.54) is 0 Å². The number of pyridine rings is 1. The molecule has 5 nitrogen and oxygen atoms in total. The second-order valence-electron chi connectivity index (χ2n) is 5.03. The molecule has 1 heterocycles. The van der Waals surface area contributed by atoms with Gasteiger partial charge in [-0.1, -0.05) is 13.3 Å². The van der Waals surface area contributed by atoms with E-state index in [-0.39, 0.29) is 5.91 Å². The standard InChI is InChI=1S/C17H21N3O2/c1-3-4-11-22-14-7-5-13(6-8-14)16-10-9-15(12(2)19-16)17(21)20-18/h5-10H,3-4,11,18H2,1-2H3,(H,20,21). The number of benzene rings is 1. The summed E-state index contributed by atoms with van der Waals surface area (Å²) in [5.74, 6) is 5.67. The van der Waals surface area contributed by atoms with Gasteiger partial charge in [-0.15, -0.1) is 0 Å². The van der Waals surface area contributed by atoms with E-state index in [1.807, 2.05) is 30.3 Å². The molecule has 0 aliphatic rings. The summed E-state index contributed by atoms with van der Waals surface area (Å²) in [6.07, 6.45) is 2.16. The van der Waals surface area contributed by atoms with Crippen molar-refractivity contribution in [3.05, 3.63) is 47.7 Å². The lowest BCUT2D eigenvalue weighted by Crippen LogP contribution is -2.30. The fourth-order valence-electron chi connectivity index (χ4n) is 2.10. The number of aromatic nitrogens is 1. The van der Waals surface area contributed by atoms with Crippen LogP contribution < -0.4 is 16.0 Å². The molecule has 0 fully saturated rings. The number of carbonyl (C=O) groups is 1. The van der Waals surface area contributed by atoms with Gasteiger partial charge in [0.05, 0.1) is 23.6 Å². The van der Waals surface area contributed by atoms with Crippen molar-refractivity contribution in [1.82, 2.24) is 10.4 Å². The molecule has 1 aromatic heterocycles. The van der Waals surface area contributed by atoms with E-state index in [4.69, 9.17) is 10.6 Å². The average Bonchev–Trinajstić information content (AvgIpc) is 2.55. The fraction of sp³-hybridized carbons (Fsp3) is 0.294. The van der Waals surface area contributed by atoms with Crippen LogP contribution in [-0.2, 0) is 0 Å². The number of aryl methyl sites for hydroxylation is 1. The molecule has 0 saturated heterocycles. The minimum Gasteiger partial charge on any atom is -0.494 e. The first-order chi connectivity index (χ1) is 10.7. The Morgan fingerprint density at radius 1 is 1.23 bits per heavy atom. The van der Waals surface area contributed by atoms with Crippen molar-refractivity contribution in [2.75, 3.05) is 6.61 Å². The Kier molecular flexibility index (Phi) is 5.49. The van der Waals surface area contributed by atoms with E-state index in [0.29, 0.717) is 11.3 Å². The van der Waals surface area contributed by atoms with Gasteiger partial charge in [-0.25, -0.2) is 5.84 Å². The molecule has 0 saturated carbocycles. The second kappa shape index (κ2) is 7.56. The highest BCUT2D eigenvalue weighted by atomic mass is 16.5. The van der Waals surface area contributed by atoms with Crippen LogP contribution >= 0.6 is 0 Å². The molecule has 1 aromatic carbocycles. The van der Waals surface area contributed by atoms with E-state index in [1.54, 1.807) is 13.0 Å². The SMILES string of the molecule is CCCCOc1ccc(-c2ccc(C(=O)NN)c(C)n2)cc1. The monoisotopic (exact) mass is 299 g/mol. The van der Waals surface area contributed by atoms with Crippen molar-refractivity contribution in [1.29, 1.82) is 0 Å². The number of nitrogens with two attached hydrogens (primary N) is 1. The predicted molar refractivity (Wildman–Crippen MR) is 86.5 cm³/mol. The lowest BCUT2D eigenvalue weighted by atomic mass is 10.1. The maximum absolute atomic E-state index is 11.6. The normalized spacial score (nSPS) is 10.3. The quantitative estimate of drug-likeness (QED) is 0.372. The molecule has 0 spiro atoms. The Morgan fingerprint density at radius 3 is 2.55 bits per heavy atom. The summed E-state index contributed by atoms with van der Waals surface area (Å²) in [7, 11) is 0. The number of rotatable bonds is 6. The third-order valence-corrected chi connectivity index (χ3v) is 3.38. The van der Waals surface area contributed by atoms with Crippen LogP contribution in [0.25, 0.3) is 11.3 Å². The lowest BCUT2D eigenvalue weighted by Gasteiger charge is -2.08. The molecular formula is C17H21N3O2. The molecule has 2 rings (SSSR count). The number of hydrogen-bond donors (Lipinski definition) is 2. The highest BCUT2D eigenvalue weighted by Gasteiger charge is 2.10. The van der Waals surface area contributed by atoms with E-state index in [2.05, 4.69) is 17.3 Å². The second-order valence-corrected chi connectivity index (χ2v) is 5.03. The largest absolute Gasteiger partial charge is 0.494 e. The highest BCUT2D eigenvalue weighted by Crippen LogP contribution is 2.22. The number of nitrogens with zero attached hydrogens (tertiary/aromatic N) is 1. The first-order valence-corrected chi connectivity index (χ1v) is 7.37. The maximum Gasteiger partial charge on any atom is 0.267 e. The minimum atomic E-state index is -0.337.